The first-order chi connectivity index (χ1) is 9.70. The number of ether oxygens (including phenoxy) is 1. The molecule has 0 heterocycles. The third kappa shape index (κ3) is 4.29. The largest absolute Gasteiger partial charge is 0.469 e. The van der Waals surface area contributed by atoms with Crippen LogP contribution in [0.2, 0.25) is 5.02 Å². The van der Waals surface area contributed by atoms with Crippen LogP contribution in [0.15, 0.2) is 17.0 Å². The summed E-state index contributed by atoms with van der Waals surface area (Å²) in [6.07, 6.45) is 0.316. The molecule has 0 aliphatic rings. The zero-order valence-corrected chi connectivity index (χ0v) is 13.2. The summed E-state index contributed by atoms with van der Waals surface area (Å²) in [6, 6.07) is 2.13. The minimum atomic E-state index is -4.08. The van der Waals surface area contributed by atoms with Gasteiger partial charge in [0.15, 0.2) is 5.82 Å². The van der Waals surface area contributed by atoms with Gasteiger partial charge >= 0.3 is 5.97 Å². The van der Waals surface area contributed by atoms with E-state index in [-0.39, 0.29) is 30.1 Å². The molecule has 0 saturated heterocycles. The molecule has 0 spiro atoms. The van der Waals surface area contributed by atoms with Gasteiger partial charge in [0, 0.05) is 25.0 Å². The summed E-state index contributed by atoms with van der Waals surface area (Å²) in [5.74, 6) is -1.49. The lowest BCUT2D eigenvalue weighted by molar-refractivity contribution is -0.140. The molecule has 0 atom stereocenters. The Hall–Kier alpha value is -1.38. The van der Waals surface area contributed by atoms with E-state index in [0.29, 0.717) is 0 Å². The van der Waals surface area contributed by atoms with Crippen LogP contribution >= 0.6 is 11.6 Å². The van der Waals surface area contributed by atoms with E-state index in [1.807, 2.05) is 0 Å². The second kappa shape index (κ2) is 7.06. The Kier molecular flexibility index (Phi) is 5.94. The van der Waals surface area contributed by atoms with Crippen LogP contribution in [-0.4, -0.2) is 39.4 Å². The van der Waals surface area contributed by atoms with Crippen molar-refractivity contribution in [1.82, 2.24) is 4.31 Å². The number of anilines is 1. The first-order valence-electron chi connectivity index (χ1n) is 5.97. The number of rotatable bonds is 6. The molecule has 0 fully saturated rings. The predicted octanol–water partition coefficient (Wildman–Crippen LogP) is 1.64. The highest BCUT2D eigenvalue weighted by Gasteiger charge is 2.26. The lowest BCUT2D eigenvalue weighted by Gasteiger charge is -2.18. The molecule has 21 heavy (non-hydrogen) atoms. The van der Waals surface area contributed by atoms with Crippen molar-refractivity contribution < 1.29 is 22.3 Å². The van der Waals surface area contributed by atoms with Crippen LogP contribution in [0.25, 0.3) is 0 Å². The molecule has 0 aliphatic carbocycles. The number of nitrogen functional groups attached to an aromatic ring is 1. The fraction of sp³-hybridized carbons (Fsp3) is 0.417. The minimum absolute atomic E-state index is 0.0236. The monoisotopic (exact) mass is 338 g/mol. The Morgan fingerprint density at radius 3 is 2.67 bits per heavy atom. The summed E-state index contributed by atoms with van der Waals surface area (Å²) in [7, 11) is -1.55. The van der Waals surface area contributed by atoms with E-state index in [1.165, 1.54) is 14.2 Å². The highest BCUT2D eigenvalue weighted by atomic mass is 35.5. The lowest BCUT2D eigenvalue weighted by Crippen LogP contribution is -2.29. The van der Waals surface area contributed by atoms with Crippen molar-refractivity contribution in [3.63, 3.8) is 0 Å². The lowest BCUT2D eigenvalue weighted by atomic mass is 10.3. The van der Waals surface area contributed by atoms with Crippen molar-refractivity contribution >= 4 is 33.3 Å². The number of hydrogen-bond donors (Lipinski definition) is 1. The Bertz CT molecular complexity index is 636. The molecular formula is C12H16ClFN2O4S. The number of halogens is 2. The van der Waals surface area contributed by atoms with E-state index in [1.54, 1.807) is 0 Å². The Labute approximate surface area is 127 Å². The van der Waals surface area contributed by atoms with E-state index < -0.39 is 26.7 Å². The summed E-state index contributed by atoms with van der Waals surface area (Å²) in [4.78, 5) is 10.4. The smallest absolute Gasteiger partial charge is 0.305 e. The van der Waals surface area contributed by atoms with Crippen molar-refractivity contribution in [2.24, 2.45) is 0 Å². The highest BCUT2D eigenvalue weighted by molar-refractivity contribution is 7.89. The normalized spacial score (nSPS) is 11.7. The maximum Gasteiger partial charge on any atom is 0.305 e. The molecule has 0 unspecified atom stereocenters. The summed E-state index contributed by atoms with van der Waals surface area (Å²) in [6.45, 7) is 0.0310. The van der Waals surface area contributed by atoms with Crippen LogP contribution < -0.4 is 5.73 Å². The Morgan fingerprint density at radius 2 is 2.10 bits per heavy atom. The third-order valence-corrected chi connectivity index (χ3v) is 4.88. The molecule has 9 heteroatoms. The molecule has 0 radical (unpaired) electrons. The molecule has 2 N–H and O–H groups in total. The van der Waals surface area contributed by atoms with Crippen LogP contribution in [0.4, 0.5) is 10.1 Å². The average Bonchev–Trinajstić information content (AvgIpc) is 2.42. The average molecular weight is 339 g/mol. The molecule has 0 aliphatic heterocycles. The van der Waals surface area contributed by atoms with Crippen LogP contribution in [0, 0.1) is 5.82 Å². The molecule has 118 valence electrons. The minimum Gasteiger partial charge on any atom is -0.469 e. The van der Waals surface area contributed by atoms with Gasteiger partial charge in [-0.3, -0.25) is 4.79 Å². The molecule has 1 aromatic rings. The quantitative estimate of drug-likeness (QED) is 0.629. The fourth-order valence-corrected chi connectivity index (χ4v) is 3.23. The topological polar surface area (TPSA) is 89.7 Å². The molecule has 0 saturated carbocycles. The maximum absolute atomic E-state index is 13.9. The van der Waals surface area contributed by atoms with E-state index in [4.69, 9.17) is 17.3 Å². The number of nitrogens with zero attached hydrogens (tertiary/aromatic N) is 1. The molecule has 6 nitrogen and oxygen atoms in total. The third-order valence-electron chi connectivity index (χ3n) is 2.80. The molecule has 0 amide bonds. The summed E-state index contributed by atoms with van der Waals surface area (Å²) in [5, 5.41) is 0.0236. The van der Waals surface area contributed by atoms with E-state index in [9.17, 15) is 17.6 Å². The van der Waals surface area contributed by atoms with Crippen molar-refractivity contribution in [3.05, 3.63) is 23.0 Å². The van der Waals surface area contributed by atoms with Gasteiger partial charge in [0.2, 0.25) is 10.0 Å². The van der Waals surface area contributed by atoms with E-state index in [0.717, 1.165) is 16.4 Å². The number of nitrogens with two attached hydrogens (primary N) is 1. The molecule has 1 rings (SSSR count). The van der Waals surface area contributed by atoms with Crippen LogP contribution in [0.5, 0.6) is 0 Å². The Morgan fingerprint density at radius 1 is 1.48 bits per heavy atom. The summed E-state index contributed by atoms with van der Waals surface area (Å²) >= 11 is 5.71. The van der Waals surface area contributed by atoms with E-state index in [2.05, 4.69) is 4.74 Å². The molecule has 0 bridgehead atoms. The first-order valence-corrected chi connectivity index (χ1v) is 7.79. The maximum atomic E-state index is 13.9. The van der Waals surface area contributed by atoms with Gasteiger partial charge in [-0.25, -0.2) is 17.1 Å². The number of sulfonamides is 1. The van der Waals surface area contributed by atoms with Gasteiger partial charge < -0.3 is 10.5 Å². The van der Waals surface area contributed by atoms with Gasteiger partial charge in [-0.1, -0.05) is 11.6 Å². The van der Waals surface area contributed by atoms with Gasteiger partial charge in [0.1, 0.15) is 4.90 Å². The summed E-state index contributed by atoms with van der Waals surface area (Å²) in [5.41, 5.74) is 5.03. The second-order valence-electron chi connectivity index (χ2n) is 4.31. The number of benzene rings is 1. The van der Waals surface area contributed by atoms with E-state index >= 15 is 0 Å². The van der Waals surface area contributed by atoms with Gasteiger partial charge in [0.05, 0.1) is 12.8 Å². The standard InChI is InChI=1S/C12H16ClFN2O4S/c1-16(5-3-4-11(17)20-2)21(18,19)10-7-8(13)6-9(15)12(10)14/h6-7H,3-5,15H2,1-2H3. The zero-order chi connectivity index (χ0) is 16.2. The first kappa shape index (κ1) is 17.7. The van der Waals surface area contributed by atoms with Crippen molar-refractivity contribution in [1.29, 1.82) is 0 Å². The SMILES string of the molecule is COC(=O)CCCN(C)S(=O)(=O)c1cc(Cl)cc(N)c1F. The van der Waals surface area contributed by atoms with Crippen molar-refractivity contribution in [2.75, 3.05) is 26.4 Å². The number of carbonyl (C=O) groups is 1. The second-order valence-corrected chi connectivity index (χ2v) is 6.76. The Balaban J connectivity index is 2.93. The van der Waals surface area contributed by atoms with Crippen molar-refractivity contribution in [3.8, 4) is 0 Å². The number of hydrogen-bond acceptors (Lipinski definition) is 5. The fourth-order valence-electron chi connectivity index (χ4n) is 1.61. The summed E-state index contributed by atoms with van der Waals surface area (Å²) < 4.78 is 43.8. The van der Waals surface area contributed by atoms with Gasteiger partial charge in [-0.15, -0.1) is 0 Å². The van der Waals surface area contributed by atoms with Crippen LogP contribution in [-0.2, 0) is 19.6 Å². The molecule has 0 aromatic heterocycles. The number of methoxy groups -OCH3 is 1. The van der Waals surface area contributed by atoms with Gasteiger partial charge in [-0.05, 0) is 18.6 Å². The zero-order valence-electron chi connectivity index (χ0n) is 11.6. The van der Waals surface area contributed by atoms with Gasteiger partial charge in [0.25, 0.3) is 0 Å². The van der Waals surface area contributed by atoms with Crippen LogP contribution in [0.1, 0.15) is 12.8 Å². The number of esters is 1. The highest BCUT2D eigenvalue weighted by Crippen LogP contribution is 2.27. The molecule has 1 aromatic carbocycles. The predicted molar refractivity (Wildman–Crippen MR) is 76.9 cm³/mol. The number of carbonyl (C=O) groups excluding carboxylic acids is 1. The van der Waals surface area contributed by atoms with Crippen molar-refractivity contribution in [2.45, 2.75) is 17.7 Å². The van der Waals surface area contributed by atoms with Crippen LogP contribution in [0.3, 0.4) is 0 Å². The van der Waals surface area contributed by atoms with Gasteiger partial charge in [-0.2, -0.15) is 0 Å². The molecular weight excluding hydrogens is 323 g/mol.